The lowest BCUT2D eigenvalue weighted by atomic mass is 9.85. The number of hydrogen-bond donors (Lipinski definition) is 1. The van der Waals surface area contributed by atoms with Crippen LogP contribution in [0.2, 0.25) is 0 Å². The van der Waals surface area contributed by atoms with Crippen LogP contribution in [0, 0.1) is 5.41 Å². The molecule has 1 aromatic heterocycles. The van der Waals surface area contributed by atoms with Gasteiger partial charge in [0.2, 0.25) is 0 Å². The Labute approximate surface area is 96.5 Å². The Balaban J connectivity index is 2.33. The van der Waals surface area contributed by atoms with E-state index in [1.807, 2.05) is 18.5 Å². The number of nitrogens with two attached hydrogens (primary N) is 1. The van der Waals surface area contributed by atoms with Crippen LogP contribution < -0.4 is 5.73 Å². The van der Waals surface area contributed by atoms with E-state index in [2.05, 4.69) is 37.0 Å². The van der Waals surface area contributed by atoms with Crippen LogP contribution in [0.15, 0.2) is 36.7 Å². The van der Waals surface area contributed by atoms with Crippen LogP contribution in [-0.2, 0) is 6.42 Å². The summed E-state index contributed by atoms with van der Waals surface area (Å²) in [6.45, 7) is 5.11. The summed E-state index contributed by atoms with van der Waals surface area (Å²) in [6, 6.07) is 8.58. The zero-order valence-corrected chi connectivity index (χ0v) is 9.90. The van der Waals surface area contributed by atoms with Gasteiger partial charge in [-0.25, -0.2) is 0 Å². The number of fused-ring (bicyclic) bond motifs is 1. The minimum absolute atomic E-state index is 0.167. The molecule has 0 aliphatic carbocycles. The van der Waals surface area contributed by atoms with Crippen LogP contribution in [0.25, 0.3) is 10.8 Å². The van der Waals surface area contributed by atoms with Gasteiger partial charge < -0.3 is 5.73 Å². The average molecular weight is 214 g/mol. The third-order valence-electron chi connectivity index (χ3n) is 2.94. The molecule has 2 rings (SSSR count). The zero-order valence-electron chi connectivity index (χ0n) is 9.90. The second kappa shape index (κ2) is 4.22. The SMILES string of the molecule is CC(C)(CN)Cc1ccc2cnccc2c1. The van der Waals surface area contributed by atoms with Crippen molar-refractivity contribution < 1.29 is 0 Å². The number of aromatic nitrogens is 1. The standard InChI is InChI=1S/C14H18N2/c1-14(2,10-15)8-11-3-4-13-9-16-6-5-12(13)7-11/h3-7,9H,8,10,15H2,1-2H3. The molecule has 16 heavy (non-hydrogen) atoms. The molecule has 2 heteroatoms. The molecule has 84 valence electrons. The van der Waals surface area contributed by atoms with E-state index < -0.39 is 0 Å². The van der Waals surface area contributed by atoms with Gasteiger partial charge in [0.25, 0.3) is 0 Å². The molecule has 0 bridgehead atoms. The lowest BCUT2D eigenvalue weighted by Crippen LogP contribution is -2.25. The second-order valence-electron chi connectivity index (χ2n) is 5.10. The molecule has 0 radical (unpaired) electrons. The summed E-state index contributed by atoms with van der Waals surface area (Å²) < 4.78 is 0. The van der Waals surface area contributed by atoms with E-state index in [1.165, 1.54) is 16.3 Å². The van der Waals surface area contributed by atoms with Crippen LogP contribution in [0.1, 0.15) is 19.4 Å². The molecule has 1 heterocycles. The Kier molecular flexibility index (Phi) is 2.92. The summed E-state index contributed by atoms with van der Waals surface area (Å²) >= 11 is 0. The lowest BCUT2D eigenvalue weighted by Gasteiger charge is -2.22. The van der Waals surface area contributed by atoms with E-state index in [9.17, 15) is 0 Å². The molecule has 0 spiro atoms. The fourth-order valence-electron chi connectivity index (χ4n) is 1.87. The van der Waals surface area contributed by atoms with Gasteiger partial charge in [0.05, 0.1) is 0 Å². The first-order chi connectivity index (χ1) is 7.61. The molecule has 0 fully saturated rings. The Morgan fingerprint density at radius 3 is 2.75 bits per heavy atom. The third-order valence-corrected chi connectivity index (χ3v) is 2.94. The van der Waals surface area contributed by atoms with Crippen molar-refractivity contribution >= 4 is 10.8 Å². The maximum absolute atomic E-state index is 5.76. The molecule has 2 N–H and O–H groups in total. The minimum atomic E-state index is 0.167. The van der Waals surface area contributed by atoms with Crippen molar-refractivity contribution in [2.24, 2.45) is 11.1 Å². The predicted octanol–water partition coefficient (Wildman–Crippen LogP) is 2.76. The van der Waals surface area contributed by atoms with Crippen molar-refractivity contribution in [1.82, 2.24) is 4.98 Å². The van der Waals surface area contributed by atoms with E-state index >= 15 is 0 Å². The van der Waals surface area contributed by atoms with Crippen molar-refractivity contribution in [1.29, 1.82) is 0 Å². The Morgan fingerprint density at radius 2 is 2.00 bits per heavy atom. The van der Waals surface area contributed by atoms with Crippen LogP contribution in [0.5, 0.6) is 0 Å². The van der Waals surface area contributed by atoms with Crippen molar-refractivity contribution in [2.75, 3.05) is 6.54 Å². The van der Waals surface area contributed by atoms with Gasteiger partial charge in [0, 0.05) is 17.8 Å². The number of benzene rings is 1. The van der Waals surface area contributed by atoms with E-state index in [1.54, 1.807) is 0 Å². The first-order valence-corrected chi connectivity index (χ1v) is 5.63. The molecule has 0 saturated heterocycles. The summed E-state index contributed by atoms with van der Waals surface area (Å²) in [5.41, 5.74) is 7.27. The van der Waals surface area contributed by atoms with Crippen molar-refractivity contribution in [2.45, 2.75) is 20.3 Å². The third kappa shape index (κ3) is 2.39. The van der Waals surface area contributed by atoms with Gasteiger partial charge in [-0.15, -0.1) is 0 Å². The summed E-state index contributed by atoms with van der Waals surface area (Å²) in [7, 11) is 0. The molecule has 0 unspecified atom stereocenters. The fourth-order valence-corrected chi connectivity index (χ4v) is 1.87. The summed E-state index contributed by atoms with van der Waals surface area (Å²) in [6.07, 6.45) is 4.75. The quantitative estimate of drug-likeness (QED) is 0.853. The molecule has 0 atom stereocenters. The Morgan fingerprint density at radius 1 is 1.19 bits per heavy atom. The Bertz CT molecular complexity index is 489. The van der Waals surface area contributed by atoms with Gasteiger partial charge in [-0.3, -0.25) is 4.98 Å². The van der Waals surface area contributed by atoms with Crippen LogP contribution in [0.3, 0.4) is 0 Å². The predicted molar refractivity (Wildman–Crippen MR) is 68.3 cm³/mol. The second-order valence-corrected chi connectivity index (χ2v) is 5.10. The van der Waals surface area contributed by atoms with Crippen molar-refractivity contribution in [3.8, 4) is 0 Å². The Hall–Kier alpha value is -1.41. The van der Waals surface area contributed by atoms with E-state index in [0.29, 0.717) is 6.54 Å². The summed E-state index contributed by atoms with van der Waals surface area (Å²) in [4.78, 5) is 4.11. The molecule has 0 saturated carbocycles. The molecule has 2 nitrogen and oxygen atoms in total. The highest BCUT2D eigenvalue weighted by molar-refractivity contribution is 5.82. The molecular formula is C14H18N2. The van der Waals surface area contributed by atoms with Crippen LogP contribution in [-0.4, -0.2) is 11.5 Å². The number of hydrogen-bond acceptors (Lipinski definition) is 2. The number of pyridine rings is 1. The lowest BCUT2D eigenvalue weighted by molar-refractivity contribution is 0.377. The highest BCUT2D eigenvalue weighted by Gasteiger charge is 2.16. The maximum Gasteiger partial charge on any atom is 0.0346 e. The van der Waals surface area contributed by atoms with Gasteiger partial charge in [-0.05, 0) is 35.4 Å². The van der Waals surface area contributed by atoms with Crippen molar-refractivity contribution in [3.05, 3.63) is 42.2 Å². The van der Waals surface area contributed by atoms with Gasteiger partial charge >= 0.3 is 0 Å². The molecule has 0 amide bonds. The largest absolute Gasteiger partial charge is 0.330 e. The van der Waals surface area contributed by atoms with Gasteiger partial charge in [-0.1, -0.05) is 32.0 Å². The summed E-state index contributed by atoms with van der Waals surface area (Å²) in [5, 5.41) is 2.44. The number of nitrogens with zero attached hydrogens (tertiary/aromatic N) is 1. The summed E-state index contributed by atoms with van der Waals surface area (Å²) in [5.74, 6) is 0. The highest BCUT2D eigenvalue weighted by Crippen LogP contribution is 2.22. The normalized spacial score (nSPS) is 11.9. The number of rotatable bonds is 3. The van der Waals surface area contributed by atoms with Crippen LogP contribution >= 0.6 is 0 Å². The molecule has 0 aliphatic rings. The van der Waals surface area contributed by atoms with E-state index in [-0.39, 0.29) is 5.41 Å². The minimum Gasteiger partial charge on any atom is -0.330 e. The highest BCUT2D eigenvalue weighted by atomic mass is 14.6. The average Bonchev–Trinajstić information content (AvgIpc) is 2.28. The zero-order chi connectivity index (χ0) is 11.6. The van der Waals surface area contributed by atoms with Crippen molar-refractivity contribution in [3.63, 3.8) is 0 Å². The first kappa shape index (κ1) is 11.1. The molecule has 0 aliphatic heterocycles. The van der Waals surface area contributed by atoms with Gasteiger partial charge in [0.15, 0.2) is 0 Å². The molecular weight excluding hydrogens is 196 g/mol. The van der Waals surface area contributed by atoms with Gasteiger partial charge in [0.1, 0.15) is 0 Å². The van der Waals surface area contributed by atoms with Crippen LogP contribution in [0.4, 0.5) is 0 Å². The monoisotopic (exact) mass is 214 g/mol. The first-order valence-electron chi connectivity index (χ1n) is 5.63. The smallest absolute Gasteiger partial charge is 0.0346 e. The van der Waals surface area contributed by atoms with Gasteiger partial charge in [-0.2, -0.15) is 0 Å². The topological polar surface area (TPSA) is 38.9 Å². The molecule has 1 aromatic carbocycles. The van der Waals surface area contributed by atoms with E-state index in [0.717, 1.165) is 6.42 Å². The maximum atomic E-state index is 5.76. The molecule has 2 aromatic rings. The van der Waals surface area contributed by atoms with E-state index in [4.69, 9.17) is 5.73 Å². The fraction of sp³-hybridized carbons (Fsp3) is 0.357.